The van der Waals surface area contributed by atoms with Crippen molar-refractivity contribution in [3.8, 4) is 6.07 Å². The van der Waals surface area contributed by atoms with Crippen LogP contribution in [-0.4, -0.2) is 12.3 Å². The number of hydrogen-bond donors (Lipinski definition) is 0. The molecule has 1 aliphatic heterocycles. The topological polar surface area (TPSA) is 39.4 Å². The van der Waals surface area contributed by atoms with E-state index in [1.807, 2.05) is 35.3 Å². The molecule has 0 unspecified atom stereocenters. The Labute approximate surface area is 157 Å². The molecule has 4 heteroatoms. The Kier molecular flexibility index (Phi) is 4.72. The summed E-state index contributed by atoms with van der Waals surface area (Å²) in [4.78, 5) is 2.46. The van der Waals surface area contributed by atoms with Crippen LogP contribution in [0.1, 0.15) is 17.5 Å². The summed E-state index contributed by atoms with van der Waals surface area (Å²) in [5, 5.41) is 15.7. The third-order valence-corrected chi connectivity index (χ3v) is 5.28. The van der Waals surface area contributed by atoms with Crippen LogP contribution >= 0.6 is 11.8 Å². The van der Waals surface area contributed by atoms with Gasteiger partial charge in [-0.05, 0) is 54.1 Å². The molecule has 1 aliphatic rings. The highest BCUT2D eigenvalue weighted by Gasteiger charge is 2.17. The van der Waals surface area contributed by atoms with Crippen molar-refractivity contribution < 1.29 is 0 Å². The molecule has 0 fully saturated rings. The lowest BCUT2D eigenvalue weighted by atomic mass is 10.1. The molecule has 0 radical (unpaired) electrons. The predicted molar refractivity (Wildman–Crippen MR) is 107 cm³/mol. The second kappa shape index (κ2) is 7.47. The van der Waals surface area contributed by atoms with Gasteiger partial charge >= 0.3 is 0 Å². The molecule has 1 heterocycles. The summed E-state index contributed by atoms with van der Waals surface area (Å²) in [6.07, 6.45) is 0.909. The Morgan fingerprint density at radius 2 is 1.54 bits per heavy atom. The van der Waals surface area contributed by atoms with Crippen molar-refractivity contribution >= 4 is 23.2 Å². The van der Waals surface area contributed by atoms with Crippen molar-refractivity contribution in [3.05, 3.63) is 90.0 Å². The molecule has 26 heavy (non-hydrogen) atoms. The third-order valence-electron chi connectivity index (χ3n) is 4.26. The Morgan fingerprint density at radius 3 is 2.23 bits per heavy atom. The molecular weight excluding hydrogens is 338 g/mol. The number of benzene rings is 3. The molecule has 0 saturated heterocycles. The molecule has 0 atom stereocenters. The molecule has 0 amide bonds. The van der Waals surface area contributed by atoms with E-state index in [2.05, 4.69) is 54.6 Å². The molecule has 0 aliphatic carbocycles. The zero-order valence-corrected chi connectivity index (χ0v) is 15.0. The van der Waals surface area contributed by atoms with Gasteiger partial charge in [-0.3, -0.25) is 5.01 Å². The first-order valence-electron chi connectivity index (χ1n) is 8.50. The summed E-state index contributed by atoms with van der Waals surface area (Å²) >= 11 is 1.76. The number of nitrogens with zero attached hydrogens (tertiary/aromatic N) is 3. The SMILES string of the molecule is N#Cc1ccc(C2=NN(c3ccc(Sc4ccccc4)cc3)CC2)cc1. The third kappa shape index (κ3) is 3.63. The van der Waals surface area contributed by atoms with Crippen molar-refractivity contribution in [1.82, 2.24) is 0 Å². The Hall–Kier alpha value is -3.03. The van der Waals surface area contributed by atoms with Gasteiger partial charge in [0.2, 0.25) is 0 Å². The van der Waals surface area contributed by atoms with E-state index in [0.29, 0.717) is 5.56 Å². The molecular formula is C22H17N3S. The molecule has 3 nitrogen and oxygen atoms in total. The smallest absolute Gasteiger partial charge is 0.0991 e. The van der Waals surface area contributed by atoms with Crippen molar-refractivity contribution in [1.29, 1.82) is 5.26 Å². The van der Waals surface area contributed by atoms with E-state index >= 15 is 0 Å². The second-order valence-corrected chi connectivity index (χ2v) is 7.16. The predicted octanol–water partition coefficient (Wildman–Crippen LogP) is 5.32. The van der Waals surface area contributed by atoms with Crippen LogP contribution in [0.4, 0.5) is 5.69 Å². The fourth-order valence-electron chi connectivity index (χ4n) is 2.89. The number of hydrogen-bond acceptors (Lipinski definition) is 4. The van der Waals surface area contributed by atoms with E-state index in [1.54, 1.807) is 11.8 Å². The standard InChI is InChI=1S/C22H17N3S/c23-16-17-6-8-18(9-7-17)22-14-15-25(24-22)19-10-12-21(13-11-19)26-20-4-2-1-3-5-20/h1-13H,14-15H2. The quantitative estimate of drug-likeness (QED) is 0.635. The van der Waals surface area contributed by atoms with Crippen LogP contribution in [0.2, 0.25) is 0 Å². The number of rotatable bonds is 4. The number of anilines is 1. The first kappa shape index (κ1) is 16.4. The zero-order valence-electron chi connectivity index (χ0n) is 14.2. The summed E-state index contributed by atoms with van der Waals surface area (Å²) < 4.78 is 0. The molecule has 0 bridgehead atoms. The lowest BCUT2D eigenvalue weighted by Crippen LogP contribution is -2.11. The van der Waals surface area contributed by atoms with Gasteiger partial charge in [-0.15, -0.1) is 0 Å². The van der Waals surface area contributed by atoms with Crippen LogP contribution in [0, 0.1) is 11.3 Å². The highest BCUT2D eigenvalue weighted by atomic mass is 32.2. The lowest BCUT2D eigenvalue weighted by molar-refractivity contribution is 0.921. The van der Waals surface area contributed by atoms with Gasteiger partial charge < -0.3 is 0 Å². The Bertz CT molecular complexity index is 955. The minimum atomic E-state index is 0.677. The molecule has 0 N–H and O–H groups in total. The van der Waals surface area contributed by atoms with Crippen LogP contribution in [0.5, 0.6) is 0 Å². The monoisotopic (exact) mass is 355 g/mol. The van der Waals surface area contributed by atoms with E-state index in [4.69, 9.17) is 10.4 Å². The van der Waals surface area contributed by atoms with E-state index < -0.39 is 0 Å². The molecule has 3 aromatic rings. The van der Waals surface area contributed by atoms with Crippen molar-refractivity contribution in [2.24, 2.45) is 5.10 Å². The molecule has 4 rings (SSSR count). The largest absolute Gasteiger partial charge is 0.265 e. The maximum Gasteiger partial charge on any atom is 0.0991 e. The van der Waals surface area contributed by atoms with Gasteiger partial charge in [0.25, 0.3) is 0 Å². The van der Waals surface area contributed by atoms with Crippen molar-refractivity contribution in [2.75, 3.05) is 11.6 Å². The second-order valence-electron chi connectivity index (χ2n) is 6.02. The fourth-order valence-corrected chi connectivity index (χ4v) is 3.73. The van der Waals surface area contributed by atoms with Gasteiger partial charge in [0.05, 0.1) is 23.0 Å². The molecule has 0 aromatic heterocycles. The maximum atomic E-state index is 8.91. The molecule has 0 spiro atoms. The first-order chi connectivity index (χ1) is 12.8. The van der Waals surface area contributed by atoms with E-state index in [-0.39, 0.29) is 0 Å². The average Bonchev–Trinajstić information content (AvgIpc) is 3.20. The van der Waals surface area contributed by atoms with Gasteiger partial charge in [-0.1, -0.05) is 42.1 Å². The zero-order chi connectivity index (χ0) is 17.8. The number of hydrazone groups is 1. The summed E-state index contributed by atoms with van der Waals surface area (Å²) in [6, 6.07) is 28.7. The lowest BCUT2D eigenvalue weighted by Gasteiger charge is -2.13. The van der Waals surface area contributed by atoms with Gasteiger partial charge in [-0.2, -0.15) is 10.4 Å². The van der Waals surface area contributed by atoms with Gasteiger partial charge in [0.15, 0.2) is 0 Å². The summed E-state index contributed by atoms with van der Waals surface area (Å²) in [6.45, 7) is 0.876. The Balaban J connectivity index is 1.47. The minimum absolute atomic E-state index is 0.677. The van der Waals surface area contributed by atoms with Gasteiger partial charge in [-0.25, -0.2) is 0 Å². The fraction of sp³-hybridized carbons (Fsp3) is 0.0909. The average molecular weight is 355 g/mol. The van der Waals surface area contributed by atoms with E-state index in [0.717, 1.165) is 29.9 Å². The molecule has 126 valence electrons. The van der Waals surface area contributed by atoms with Gasteiger partial charge in [0, 0.05) is 22.8 Å². The summed E-state index contributed by atoms with van der Waals surface area (Å²) in [5.41, 5.74) is 3.93. The highest BCUT2D eigenvalue weighted by Crippen LogP contribution is 2.30. The minimum Gasteiger partial charge on any atom is -0.265 e. The maximum absolute atomic E-state index is 8.91. The van der Waals surface area contributed by atoms with Crippen LogP contribution < -0.4 is 5.01 Å². The number of nitriles is 1. The van der Waals surface area contributed by atoms with Crippen LogP contribution in [-0.2, 0) is 0 Å². The molecule has 0 saturated carbocycles. The Morgan fingerprint density at radius 1 is 0.846 bits per heavy atom. The van der Waals surface area contributed by atoms with Crippen molar-refractivity contribution in [2.45, 2.75) is 16.2 Å². The normalized spacial score (nSPS) is 13.3. The van der Waals surface area contributed by atoms with E-state index in [1.165, 1.54) is 9.79 Å². The first-order valence-corrected chi connectivity index (χ1v) is 9.32. The summed E-state index contributed by atoms with van der Waals surface area (Å²) in [7, 11) is 0. The van der Waals surface area contributed by atoms with Crippen LogP contribution in [0.25, 0.3) is 0 Å². The van der Waals surface area contributed by atoms with Crippen LogP contribution in [0.15, 0.2) is 93.8 Å². The summed E-state index contributed by atoms with van der Waals surface area (Å²) in [5.74, 6) is 0. The highest BCUT2D eigenvalue weighted by molar-refractivity contribution is 7.99. The van der Waals surface area contributed by atoms with Gasteiger partial charge in [0.1, 0.15) is 0 Å². The molecule has 3 aromatic carbocycles. The van der Waals surface area contributed by atoms with Crippen molar-refractivity contribution in [3.63, 3.8) is 0 Å². The van der Waals surface area contributed by atoms with E-state index in [9.17, 15) is 0 Å². The van der Waals surface area contributed by atoms with Crippen LogP contribution in [0.3, 0.4) is 0 Å².